The van der Waals surface area contributed by atoms with Crippen molar-refractivity contribution >= 4 is 5.95 Å². The summed E-state index contributed by atoms with van der Waals surface area (Å²) in [4.78, 5) is 19.7. The number of anilines is 1. The number of nitriles is 1. The van der Waals surface area contributed by atoms with Gasteiger partial charge in [-0.25, -0.2) is 4.98 Å². The number of fused-ring (bicyclic) bond motifs is 1. The summed E-state index contributed by atoms with van der Waals surface area (Å²) >= 11 is 0. The molecular weight excluding hydrogens is 408 g/mol. The van der Waals surface area contributed by atoms with Crippen molar-refractivity contribution in [2.45, 2.75) is 32.9 Å². The minimum absolute atomic E-state index is 0.0457. The zero-order valence-electron chi connectivity index (χ0n) is 18.2. The lowest BCUT2D eigenvalue weighted by Gasteiger charge is -2.14. The highest BCUT2D eigenvalue weighted by atomic mass is 16.5. The summed E-state index contributed by atoms with van der Waals surface area (Å²) in [5, 5.41) is 12.6. The van der Waals surface area contributed by atoms with Crippen molar-refractivity contribution < 1.29 is 14.2 Å². The van der Waals surface area contributed by atoms with Gasteiger partial charge in [0.15, 0.2) is 0 Å². The van der Waals surface area contributed by atoms with Crippen LogP contribution in [-0.2, 0) is 13.0 Å². The second-order valence-electron chi connectivity index (χ2n) is 7.47. The second-order valence-corrected chi connectivity index (χ2v) is 7.47. The third kappa shape index (κ3) is 4.23. The van der Waals surface area contributed by atoms with Crippen LogP contribution in [0.25, 0.3) is 11.3 Å². The van der Waals surface area contributed by atoms with E-state index in [9.17, 15) is 10.1 Å². The van der Waals surface area contributed by atoms with Crippen LogP contribution < -0.4 is 25.1 Å². The highest BCUT2D eigenvalue weighted by molar-refractivity contribution is 5.67. The predicted octanol–water partition coefficient (Wildman–Crippen LogP) is 3.65. The Hall–Kier alpha value is -3.99. The Kier molecular flexibility index (Phi) is 5.99. The first-order chi connectivity index (χ1) is 15.5. The molecule has 8 nitrogen and oxygen atoms in total. The molecule has 1 atom stereocenters. The highest BCUT2D eigenvalue weighted by Crippen LogP contribution is 2.35. The SMILES string of the molecule is CCOc1cc2c(cc1CNc1nc(-c3ccc(OC)cc3)c(C#N)c(=O)[nH]1)O[C@H](C)C2. The Balaban J connectivity index is 1.64. The fourth-order valence-corrected chi connectivity index (χ4v) is 3.71. The van der Waals surface area contributed by atoms with Crippen LogP contribution in [0.3, 0.4) is 0 Å². The summed E-state index contributed by atoms with van der Waals surface area (Å²) in [6.07, 6.45) is 0.977. The largest absolute Gasteiger partial charge is 0.497 e. The molecule has 1 aliphatic rings. The smallest absolute Gasteiger partial charge is 0.270 e. The molecule has 32 heavy (non-hydrogen) atoms. The number of aromatic nitrogens is 2. The lowest BCUT2D eigenvalue weighted by molar-refractivity contribution is 0.254. The van der Waals surface area contributed by atoms with Crippen molar-refractivity contribution in [2.24, 2.45) is 0 Å². The van der Waals surface area contributed by atoms with Gasteiger partial charge in [-0.15, -0.1) is 0 Å². The molecule has 0 fully saturated rings. The number of nitrogens with one attached hydrogen (secondary N) is 2. The van der Waals surface area contributed by atoms with Gasteiger partial charge in [0.2, 0.25) is 5.95 Å². The number of methoxy groups -OCH3 is 1. The summed E-state index contributed by atoms with van der Waals surface area (Å²) in [6, 6.07) is 13.0. The molecule has 2 N–H and O–H groups in total. The lowest BCUT2D eigenvalue weighted by atomic mass is 10.1. The summed E-state index contributed by atoms with van der Waals surface area (Å²) in [5.74, 6) is 2.55. The number of benzene rings is 2. The number of H-pyrrole nitrogens is 1. The van der Waals surface area contributed by atoms with Gasteiger partial charge >= 0.3 is 0 Å². The Bertz CT molecular complexity index is 1230. The summed E-state index contributed by atoms with van der Waals surface area (Å²) in [6.45, 7) is 4.86. The van der Waals surface area contributed by atoms with Gasteiger partial charge in [0, 0.05) is 29.7 Å². The number of aromatic amines is 1. The maximum atomic E-state index is 12.5. The topological polar surface area (TPSA) is 109 Å². The molecule has 0 spiro atoms. The average molecular weight is 432 g/mol. The van der Waals surface area contributed by atoms with Crippen molar-refractivity contribution in [2.75, 3.05) is 19.0 Å². The van der Waals surface area contributed by atoms with Gasteiger partial charge in [-0.1, -0.05) is 0 Å². The number of ether oxygens (including phenoxy) is 3. The summed E-state index contributed by atoms with van der Waals surface area (Å²) < 4.78 is 16.9. The Morgan fingerprint density at radius 2 is 2.09 bits per heavy atom. The molecule has 0 saturated heterocycles. The quantitative estimate of drug-likeness (QED) is 0.586. The molecule has 0 saturated carbocycles. The summed E-state index contributed by atoms with van der Waals surface area (Å²) in [7, 11) is 1.57. The fourth-order valence-electron chi connectivity index (χ4n) is 3.71. The standard InChI is InChI=1S/C24H24N4O4/c1-4-31-20-10-16-9-14(2)32-21(16)11-17(20)13-26-24-27-22(19(12-25)23(29)28-24)15-5-7-18(30-3)8-6-15/h5-8,10-11,14H,4,9,13H2,1-3H3,(H2,26,27,28,29)/t14-/m1/s1. The third-order valence-corrected chi connectivity index (χ3v) is 5.22. The van der Waals surface area contributed by atoms with Gasteiger partial charge in [0.05, 0.1) is 19.4 Å². The van der Waals surface area contributed by atoms with E-state index in [1.54, 1.807) is 31.4 Å². The number of hydrogen-bond acceptors (Lipinski definition) is 7. The number of hydrogen-bond donors (Lipinski definition) is 2. The molecule has 1 aliphatic heterocycles. The predicted molar refractivity (Wildman–Crippen MR) is 120 cm³/mol. The van der Waals surface area contributed by atoms with E-state index < -0.39 is 5.56 Å². The maximum absolute atomic E-state index is 12.5. The van der Waals surface area contributed by atoms with Gasteiger partial charge < -0.3 is 19.5 Å². The summed E-state index contributed by atoms with van der Waals surface area (Å²) in [5.41, 5.74) is 2.40. The maximum Gasteiger partial charge on any atom is 0.270 e. The second kappa shape index (κ2) is 9.02. The van der Waals surface area contributed by atoms with Crippen LogP contribution in [-0.4, -0.2) is 29.8 Å². The van der Waals surface area contributed by atoms with Crippen molar-refractivity contribution in [3.8, 4) is 34.6 Å². The van der Waals surface area contributed by atoms with Crippen LogP contribution in [0.2, 0.25) is 0 Å². The van der Waals surface area contributed by atoms with Crippen LogP contribution in [0.4, 0.5) is 5.95 Å². The van der Waals surface area contributed by atoms with E-state index in [1.807, 2.05) is 32.0 Å². The first-order valence-electron chi connectivity index (χ1n) is 10.4. The molecule has 0 aliphatic carbocycles. The average Bonchev–Trinajstić information content (AvgIpc) is 3.16. The van der Waals surface area contributed by atoms with Gasteiger partial charge in [-0.2, -0.15) is 5.26 Å². The van der Waals surface area contributed by atoms with E-state index in [-0.39, 0.29) is 17.6 Å². The van der Waals surface area contributed by atoms with E-state index >= 15 is 0 Å². The first kappa shape index (κ1) is 21.2. The van der Waals surface area contributed by atoms with Gasteiger partial charge in [0.25, 0.3) is 5.56 Å². The molecule has 1 aromatic heterocycles. The molecule has 3 aromatic rings. The minimum Gasteiger partial charge on any atom is -0.497 e. The molecule has 0 radical (unpaired) electrons. The Labute approximate surface area is 185 Å². The van der Waals surface area contributed by atoms with E-state index in [4.69, 9.17) is 14.2 Å². The van der Waals surface area contributed by atoms with Crippen molar-refractivity contribution in [3.05, 3.63) is 63.4 Å². The van der Waals surface area contributed by atoms with E-state index in [0.717, 1.165) is 29.0 Å². The molecule has 0 amide bonds. The lowest BCUT2D eigenvalue weighted by Crippen LogP contribution is -2.17. The van der Waals surface area contributed by atoms with E-state index in [1.165, 1.54) is 0 Å². The molecule has 2 aromatic carbocycles. The first-order valence-corrected chi connectivity index (χ1v) is 10.4. The number of rotatable bonds is 7. The van der Waals surface area contributed by atoms with Crippen molar-refractivity contribution in [1.29, 1.82) is 5.26 Å². The zero-order chi connectivity index (χ0) is 22.7. The highest BCUT2D eigenvalue weighted by Gasteiger charge is 2.22. The van der Waals surface area contributed by atoms with Crippen LogP contribution in [0.1, 0.15) is 30.5 Å². The molecular formula is C24H24N4O4. The zero-order valence-corrected chi connectivity index (χ0v) is 18.2. The van der Waals surface area contributed by atoms with Gasteiger partial charge in [-0.3, -0.25) is 9.78 Å². The minimum atomic E-state index is -0.507. The molecule has 0 bridgehead atoms. The molecule has 0 unspecified atom stereocenters. The van der Waals surface area contributed by atoms with Gasteiger partial charge in [-0.05, 0) is 50.2 Å². The number of nitrogens with zero attached hydrogens (tertiary/aromatic N) is 2. The van der Waals surface area contributed by atoms with Crippen LogP contribution >= 0.6 is 0 Å². The fraction of sp³-hybridized carbons (Fsp3) is 0.292. The van der Waals surface area contributed by atoms with Crippen LogP contribution in [0, 0.1) is 11.3 Å². The Morgan fingerprint density at radius 1 is 1.31 bits per heavy atom. The molecule has 2 heterocycles. The normalized spacial score (nSPS) is 14.2. The van der Waals surface area contributed by atoms with E-state index in [0.29, 0.717) is 30.2 Å². The Morgan fingerprint density at radius 3 is 2.78 bits per heavy atom. The van der Waals surface area contributed by atoms with Crippen molar-refractivity contribution in [1.82, 2.24) is 9.97 Å². The van der Waals surface area contributed by atoms with Crippen LogP contribution in [0.15, 0.2) is 41.2 Å². The van der Waals surface area contributed by atoms with Crippen LogP contribution in [0.5, 0.6) is 17.2 Å². The monoisotopic (exact) mass is 432 g/mol. The molecule has 164 valence electrons. The van der Waals surface area contributed by atoms with Gasteiger partial charge in [0.1, 0.15) is 35.0 Å². The molecule has 8 heteroatoms. The molecule has 4 rings (SSSR count). The van der Waals surface area contributed by atoms with Crippen molar-refractivity contribution in [3.63, 3.8) is 0 Å². The van der Waals surface area contributed by atoms with E-state index in [2.05, 4.69) is 15.3 Å². The third-order valence-electron chi connectivity index (χ3n) is 5.22.